The van der Waals surface area contributed by atoms with E-state index in [1.807, 2.05) is 58.3 Å². The lowest BCUT2D eigenvalue weighted by atomic mass is 10.2. The highest BCUT2D eigenvalue weighted by atomic mass is 32.1. The van der Waals surface area contributed by atoms with E-state index in [1.54, 1.807) is 11.3 Å². The number of fused-ring (bicyclic) bond motifs is 2. The van der Waals surface area contributed by atoms with Gasteiger partial charge < -0.3 is 9.64 Å². The first-order valence-electron chi connectivity index (χ1n) is 9.94. The van der Waals surface area contributed by atoms with Crippen molar-refractivity contribution in [3.8, 4) is 11.5 Å². The molecule has 5 nitrogen and oxygen atoms in total. The van der Waals surface area contributed by atoms with Gasteiger partial charge in [0.05, 0.1) is 12.2 Å². The zero-order valence-corrected chi connectivity index (χ0v) is 17.0. The molecule has 1 aromatic heterocycles. The molecule has 3 aromatic rings. The van der Waals surface area contributed by atoms with Gasteiger partial charge in [-0.05, 0) is 29.6 Å². The summed E-state index contributed by atoms with van der Waals surface area (Å²) in [5.74, 6) is 1.54. The molecule has 1 saturated heterocycles. The average molecular weight is 406 g/mol. The molecule has 2 aliphatic rings. The van der Waals surface area contributed by atoms with Crippen LogP contribution in [0.5, 0.6) is 11.5 Å². The van der Waals surface area contributed by atoms with Gasteiger partial charge in [0.25, 0.3) is 0 Å². The number of hydrogen-bond donors (Lipinski definition) is 0. The molecular formula is C23H23N3O2S. The number of hydrogen-bond acceptors (Lipinski definition) is 4. The lowest BCUT2D eigenvalue weighted by Crippen LogP contribution is -2.52. The van der Waals surface area contributed by atoms with Gasteiger partial charge in [0, 0.05) is 43.2 Å². The first-order valence-corrected chi connectivity index (χ1v) is 10.8. The molecule has 0 radical (unpaired) electrons. The van der Waals surface area contributed by atoms with Crippen LogP contribution in [0.1, 0.15) is 10.4 Å². The number of anilines is 1. The van der Waals surface area contributed by atoms with Crippen molar-refractivity contribution in [2.45, 2.75) is 13.1 Å². The van der Waals surface area contributed by atoms with E-state index in [2.05, 4.69) is 22.4 Å². The first kappa shape index (κ1) is 18.2. The van der Waals surface area contributed by atoms with Gasteiger partial charge in [-0.3, -0.25) is 9.80 Å². The number of amides is 2. The molecule has 2 amide bonds. The van der Waals surface area contributed by atoms with Crippen LogP contribution in [-0.2, 0) is 13.1 Å². The van der Waals surface area contributed by atoms with E-state index >= 15 is 0 Å². The van der Waals surface area contributed by atoms with Crippen LogP contribution in [0.25, 0.3) is 0 Å². The topological polar surface area (TPSA) is 36.0 Å². The fraction of sp³-hybridized carbons (Fsp3) is 0.261. The molecule has 0 spiro atoms. The summed E-state index contributed by atoms with van der Waals surface area (Å²) in [6.07, 6.45) is 0. The summed E-state index contributed by atoms with van der Waals surface area (Å²) < 4.78 is 6.13. The third-order valence-electron chi connectivity index (χ3n) is 5.51. The predicted molar refractivity (Wildman–Crippen MR) is 116 cm³/mol. The van der Waals surface area contributed by atoms with Crippen molar-refractivity contribution in [1.29, 1.82) is 0 Å². The van der Waals surface area contributed by atoms with E-state index in [0.29, 0.717) is 6.54 Å². The Morgan fingerprint density at radius 1 is 0.897 bits per heavy atom. The Labute approximate surface area is 174 Å². The molecule has 0 saturated carbocycles. The SMILES string of the molecule is O=C(N1CCN(Cc2cccs2)CC1)N1Cc2ccccc2Oc2ccccc21. The van der Waals surface area contributed by atoms with Crippen LogP contribution >= 0.6 is 11.3 Å². The lowest BCUT2D eigenvalue weighted by molar-refractivity contribution is 0.139. The zero-order valence-electron chi connectivity index (χ0n) is 16.2. The largest absolute Gasteiger partial charge is 0.455 e. The maximum atomic E-state index is 13.5. The number of carbonyl (C=O) groups excluding carboxylic acids is 1. The van der Waals surface area contributed by atoms with Gasteiger partial charge in [0.2, 0.25) is 0 Å². The summed E-state index contributed by atoms with van der Waals surface area (Å²) >= 11 is 1.79. The van der Waals surface area contributed by atoms with Gasteiger partial charge in [-0.2, -0.15) is 0 Å². The third kappa shape index (κ3) is 3.73. The number of carbonyl (C=O) groups is 1. The number of thiophene rings is 1. The molecule has 3 heterocycles. The highest BCUT2D eigenvalue weighted by Crippen LogP contribution is 2.39. The number of ether oxygens (including phenoxy) is 1. The third-order valence-corrected chi connectivity index (χ3v) is 6.37. The molecular weight excluding hydrogens is 382 g/mol. The molecule has 0 aliphatic carbocycles. The van der Waals surface area contributed by atoms with Crippen LogP contribution in [0.2, 0.25) is 0 Å². The van der Waals surface area contributed by atoms with Crippen LogP contribution in [0.3, 0.4) is 0 Å². The second kappa shape index (κ2) is 7.89. The van der Waals surface area contributed by atoms with Crippen molar-refractivity contribution in [2.24, 2.45) is 0 Å². The zero-order chi connectivity index (χ0) is 19.6. The predicted octanol–water partition coefficient (Wildman–Crippen LogP) is 4.80. The highest BCUT2D eigenvalue weighted by Gasteiger charge is 2.30. The van der Waals surface area contributed by atoms with Crippen LogP contribution in [0, 0.1) is 0 Å². The molecule has 0 bridgehead atoms. The minimum atomic E-state index is 0.0496. The fourth-order valence-corrected chi connectivity index (χ4v) is 4.68. The summed E-state index contributed by atoms with van der Waals surface area (Å²) in [7, 11) is 0. The molecule has 6 heteroatoms. The summed E-state index contributed by atoms with van der Waals surface area (Å²) in [5, 5.41) is 2.12. The van der Waals surface area contributed by atoms with Crippen molar-refractivity contribution in [1.82, 2.24) is 9.80 Å². The second-order valence-electron chi connectivity index (χ2n) is 7.39. The number of nitrogens with zero attached hydrogens (tertiary/aromatic N) is 3. The van der Waals surface area contributed by atoms with E-state index in [0.717, 1.165) is 55.5 Å². The van der Waals surface area contributed by atoms with Gasteiger partial charge in [-0.1, -0.05) is 36.4 Å². The van der Waals surface area contributed by atoms with Gasteiger partial charge in [0.15, 0.2) is 5.75 Å². The van der Waals surface area contributed by atoms with Crippen LogP contribution in [-0.4, -0.2) is 42.0 Å². The lowest BCUT2D eigenvalue weighted by Gasteiger charge is -2.37. The second-order valence-corrected chi connectivity index (χ2v) is 8.42. The molecule has 0 N–H and O–H groups in total. The maximum absolute atomic E-state index is 13.5. The molecule has 5 rings (SSSR count). The highest BCUT2D eigenvalue weighted by molar-refractivity contribution is 7.09. The average Bonchev–Trinajstić information content (AvgIpc) is 3.20. The Hall–Kier alpha value is -2.83. The van der Waals surface area contributed by atoms with E-state index in [9.17, 15) is 4.79 Å². The first-order chi connectivity index (χ1) is 14.3. The van der Waals surface area contributed by atoms with Crippen molar-refractivity contribution in [2.75, 3.05) is 31.1 Å². The smallest absolute Gasteiger partial charge is 0.325 e. The molecule has 0 unspecified atom stereocenters. The van der Waals surface area contributed by atoms with Crippen molar-refractivity contribution < 1.29 is 9.53 Å². The molecule has 0 atom stereocenters. The van der Waals surface area contributed by atoms with E-state index in [4.69, 9.17) is 4.74 Å². The van der Waals surface area contributed by atoms with E-state index in [-0.39, 0.29) is 6.03 Å². The monoisotopic (exact) mass is 405 g/mol. The summed E-state index contributed by atoms with van der Waals surface area (Å²) in [5.41, 5.74) is 1.85. The summed E-state index contributed by atoms with van der Waals surface area (Å²) in [6.45, 7) is 4.75. The van der Waals surface area contributed by atoms with Gasteiger partial charge in [0.1, 0.15) is 5.75 Å². The Bertz CT molecular complexity index is 997. The minimum Gasteiger partial charge on any atom is -0.455 e. The Kier molecular flexibility index (Phi) is 4.96. The number of urea groups is 1. The Balaban J connectivity index is 1.34. The van der Waals surface area contributed by atoms with Gasteiger partial charge >= 0.3 is 6.03 Å². The summed E-state index contributed by atoms with van der Waals surface area (Å²) in [4.78, 5) is 21.1. The van der Waals surface area contributed by atoms with Crippen molar-refractivity contribution >= 4 is 23.1 Å². The molecule has 29 heavy (non-hydrogen) atoms. The number of benzene rings is 2. The fourth-order valence-electron chi connectivity index (χ4n) is 3.94. The van der Waals surface area contributed by atoms with E-state index < -0.39 is 0 Å². The van der Waals surface area contributed by atoms with Crippen LogP contribution in [0.4, 0.5) is 10.5 Å². The quantitative estimate of drug-likeness (QED) is 0.615. The molecule has 1 fully saturated rings. The Morgan fingerprint density at radius 3 is 2.45 bits per heavy atom. The maximum Gasteiger partial charge on any atom is 0.325 e. The molecule has 148 valence electrons. The van der Waals surface area contributed by atoms with Gasteiger partial charge in [-0.15, -0.1) is 11.3 Å². The van der Waals surface area contributed by atoms with Crippen LogP contribution in [0.15, 0.2) is 66.0 Å². The van der Waals surface area contributed by atoms with E-state index in [1.165, 1.54) is 4.88 Å². The van der Waals surface area contributed by atoms with Crippen molar-refractivity contribution in [3.05, 3.63) is 76.5 Å². The standard InChI is InChI=1S/C23H23N3O2S/c27-23(25-13-11-24(12-14-25)17-19-7-5-15-29-19)26-16-18-6-1-3-9-21(18)28-22-10-4-2-8-20(22)26/h1-10,15H,11-14,16-17H2. The number of para-hydroxylation sites is 3. The number of rotatable bonds is 2. The molecule has 2 aromatic carbocycles. The molecule has 2 aliphatic heterocycles. The number of piperazine rings is 1. The van der Waals surface area contributed by atoms with Crippen LogP contribution < -0.4 is 9.64 Å². The normalized spacial score (nSPS) is 16.6. The van der Waals surface area contributed by atoms with Gasteiger partial charge in [-0.25, -0.2) is 4.79 Å². The Morgan fingerprint density at radius 2 is 1.66 bits per heavy atom. The minimum absolute atomic E-state index is 0.0496. The summed E-state index contributed by atoms with van der Waals surface area (Å²) in [6, 6.07) is 20.1. The van der Waals surface area contributed by atoms with Crippen molar-refractivity contribution in [3.63, 3.8) is 0 Å².